The van der Waals surface area contributed by atoms with Crippen LogP contribution in [-0.4, -0.2) is 12.5 Å². The first-order chi connectivity index (χ1) is 7.97. The summed E-state index contributed by atoms with van der Waals surface area (Å²) in [6.07, 6.45) is 0.899. The highest BCUT2D eigenvalue weighted by Gasteiger charge is 2.05. The number of amides is 1. The van der Waals surface area contributed by atoms with Crippen LogP contribution in [0.4, 0.5) is 8.78 Å². The van der Waals surface area contributed by atoms with Crippen molar-refractivity contribution in [2.45, 2.75) is 26.7 Å². The molecule has 94 valence electrons. The Morgan fingerprint density at radius 1 is 1.24 bits per heavy atom. The number of carbonyl (C=O) groups is 1. The van der Waals surface area contributed by atoms with E-state index in [4.69, 9.17) is 0 Å². The summed E-state index contributed by atoms with van der Waals surface area (Å²) in [5, 5.41) is 2.72. The second kappa shape index (κ2) is 6.33. The zero-order valence-corrected chi connectivity index (χ0v) is 10.1. The predicted octanol–water partition coefficient (Wildman–Crippen LogP) is 2.67. The second-order valence-corrected chi connectivity index (χ2v) is 4.48. The summed E-state index contributed by atoms with van der Waals surface area (Å²) in [5.41, 5.74) is 0.548. The third-order valence-corrected chi connectivity index (χ3v) is 2.25. The third-order valence-electron chi connectivity index (χ3n) is 2.25. The number of halogens is 2. The number of carbonyl (C=O) groups excluding carboxylic acids is 1. The van der Waals surface area contributed by atoms with Crippen LogP contribution >= 0.6 is 0 Å². The molecule has 0 aliphatic carbocycles. The molecule has 0 aliphatic rings. The number of hydrogen-bond donors (Lipinski definition) is 1. The molecule has 2 nitrogen and oxygen atoms in total. The summed E-state index contributed by atoms with van der Waals surface area (Å²) in [6.45, 7) is 4.32. The Labute approximate surface area is 100 Å². The maximum absolute atomic E-state index is 12.9. The lowest BCUT2D eigenvalue weighted by molar-refractivity contribution is -0.121. The van der Waals surface area contributed by atoms with Crippen LogP contribution in [0.15, 0.2) is 18.2 Å². The van der Waals surface area contributed by atoms with Crippen molar-refractivity contribution in [1.82, 2.24) is 5.32 Å². The molecule has 0 radical (unpaired) electrons. The Morgan fingerprint density at radius 2 is 1.82 bits per heavy atom. The molecule has 0 saturated heterocycles. The molecular weight excluding hydrogens is 224 g/mol. The smallest absolute Gasteiger partial charge is 0.220 e. The minimum absolute atomic E-state index is 0.0307. The Hall–Kier alpha value is -1.45. The minimum atomic E-state index is -0.589. The largest absolute Gasteiger partial charge is 0.356 e. The molecule has 0 spiro atoms. The second-order valence-electron chi connectivity index (χ2n) is 4.48. The van der Waals surface area contributed by atoms with Gasteiger partial charge in [-0.05, 0) is 30.0 Å². The highest BCUT2D eigenvalue weighted by atomic mass is 19.1. The molecule has 0 bridgehead atoms. The maximum atomic E-state index is 12.9. The molecule has 0 aliphatic heterocycles. The van der Waals surface area contributed by atoms with Gasteiger partial charge >= 0.3 is 0 Å². The van der Waals surface area contributed by atoms with E-state index >= 15 is 0 Å². The predicted molar refractivity (Wildman–Crippen MR) is 62.5 cm³/mol. The number of benzene rings is 1. The van der Waals surface area contributed by atoms with E-state index in [2.05, 4.69) is 5.32 Å². The first kappa shape index (κ1) is 13.6. The van der Waals surface area contributed by atoms with Gasteiger partial charge in [0.1, 0.15) is 11.6 Å². The Balaban J connectivity index is 2.38. The number of hydrogen-bond acceptors (Lipinski definition) is 1. The van der Waals surface area contributed by atoms with Crippen LogP contribution in [0.5, 0.6) is 0 Å². The van der Waals surface area contributed by atoms with Crippen molar-refractivity contribution in [2.75, 3.05) is 6.54 Å². The molecule has 4 heteroatoms. The van der Waals surface area contributed by atoms with Crippen LogP contribution in [0.25, 0.3) is 0 Å². The van der Waals surface area contributed by atoms with Gasteiger partial charge in [0.25, 0.3) is 0 Å². The maximum Gasteiger partial charge on any atom is 0.220 e. The van der Waals surface area contributed by atoms with E-state index in [1.165, 1.54) is 12.1 Å². The average Bonchev–Trinajstić information content (AvgIpc) is 2.14. The molecule has 0 fully saturated rings. The lowest BCUT2D eigenvalue weighted by atomic mass is 10.1. The Morgan fingerprint density at radius 3 is 2.35 bits per heavy atom. The summed E-state index contributed by atoms with van der Waals surface area (Å²) in [5.74, 6) is -0.902. The van der Waals surface area contributed by atoms with Crippen LogP contribution in [0, 0.1) is 17.6 Å². The van der Waals surface area contributed by atoms with Gasteiger partial charge < -0.3 is 5.32 Å². The zero-order valence-electron chi connectivity index (χ0n) is 10.1. The summed E-state index contributed by atoms with van der Waals surface area (Å²) >= 11 is 0. The quantitative estimate of drug-likeness (QED) is 0.843. The van der Waals surface area contributed by atoms with Gasteiger partial charge in [-0.1, -0.05) is 13.8 Å². The summed E-state index contributed by atoms with van der Waals surface area (Å²) < 4.78 is 25.7. The van der Waals surface area contributed by atoms with E-state index < -0.39 is 11.6 Å². The molecule has 0 atom stereocenters. The van der Waals surface area contributed by atoms with Crippen molar-refractivity contribution >= 4 is 5.91 Å². The molecule has 0 heterocycles. The summed E-state index contributed by atoms with van der Waals surface area (Å²) in [6, 6.07) is 3.39. The number of nitrogens with one attached hydrogen (secondary N) is 1. The van der Waals surface area contributed by atoms with Crippen LogP contribution in [-0.2, 0) is 11.2 Å². The Bertz CT molecular complexity index is 371. The normalized spacial score (nSPS) is 10.6. The fourth-order valence-corrected chi connectivity index (χ4v) is 1.54. The zero-order chi connectivity index (χ0) is 12.8. The highest BCUT2D eigenvalue weighted by Crippen LogP contribution is 2.08. The third kappa shape index (κ3) is 5.43. The van der Waals surface area contributed by atoms with E-state index in [0.717, 1.165) is 6.07 Å². The number of rotatable bonds is 5. The molecule has 1 amide bonds. The van der Waals surface area contributed by atoms with E-state index in [-0.39, 0.29) is 5.91 Å². The molecule has 17 heavy (non-hydrogen) atoms. The molecule has 0 saturated carbocycles. The van der Waals surface area contributed by atoms with Crippen LogP contribution in [0.1, 0.15) is 25.8 Å². The first-order valence-electron chi connectivity index (χ1n) is 5.69. The van der Waals surface area contributed by atoms with E-state index in [1.807, 2.05) is 13.8 Å². The van der Waals surface area contributed by atoms with Crippen molar-refractivity contribution in [2.24, 2.45) is 5.92 Å². The topological polar surface area (TPSA) is 29.1 Å². The minimum Gasteiger partial charge on any atom is -0.356 e. The molecule has 1 rings (SSSR count). The van der Waals surface area contributed by atoms with Crippen molar-refractivity contribution in [3.63, 3.8) is 0 Å². The van der Waals surface area contributed by atoms with E-state index in [1.54, 1.807) is 0 Å². The van der Waals surface area contributed by atoms with Gasteiger partial charge in [0, 0.05) is 19.0 Å². The average molecular weight is 241 g/mol. The molecule has 1 aromatic carbocycles. The lowest BCUT2D eigenvalue weighted by Crippen LogP contribution is -2.26. The fraction of sp³-hybridized carbons (Fsp3) is 0.462. The van der Waals surface area contributed by atoms with Gasteiger partial charge in [-0.3, -0.25) is 4.79 Å². The van der Waals surface area contributed by atoms with Crippen LogP contribution < -0.4 is 5.32 Å². The van der Waals surface area contributed by atoms with Crippen LogP contribution in [0.2, 0.25) is 0 Å². The SMILES string of the molecule is CC(C)CC(=O)NCCc1cc(F)cc(F)c1. The van der Waals surface area contributed by atoms with Gasteiger partial charge in [0.2, 0.25) is 5.91 Å². The lowest BCUT2D eigenvalue weighted by Gasteiger charge is -2.07. The van der Waals surface area contributed by atoms with Gasteiger partial charge in [0.05, 0.1) is 0 Å². The summed E-state index contributed by atoms with van der Waals surface area (Å²) in [7, 11) is 0. The molecule has 1 N–H and O–H groups in total. The van der Waals surface area contributed by atoms with E-state index in [9.17, 15) is 13.6 Å². The van der Waals surface area contributed by atoms with Crippen molar-refractivity contribution in [1.29, 1.82) is 0 Å². The molecular formula is C13H17F2NO. The Kier molecular flexibility index (Phi) is 5.07. The first-order valence-corrected chi connectivity index (χ1v) is 5.69. The van der Waals surface area contributed by atoms with Gasteiger partial charge in [0.15, 0.2) is 0 Å². The van der Waals surface area contributed by atoms with E-state index in [0.29, 0.717) is 30.9 Å². The van der Waals surface area contributed by atoms with Crippen molar-refractivity contribution < 1.29 is 13.6 Å². The molecule has 0 aromatic heterocycles. The van der Waals surface area contributed by atoms with Gasteiger partial charge in [-0.2, -0.15) is 0 Å². The molecule has 0 unspecified atom stereocenters. The van der Waals surface area contributed by atoms with Crippen molar-refractivity contribution in [3.8, 4) is 0 Å². The van der Waals surface area contributed by atoms with Crippen LogP contribution in [0.3, 0.4) is 0 Å². The highest BCUT2D eigenvalue weighted by molar-refractivity contribution is 5.76. The molecule has 1 aromatic rings. The summed E-state index contributed by atoms with van der Waals surface area (Å²) in [4.78, 5) is 11.3. The monoisotopic (exact) mass is 241 g/mol. The standard InChI is InChI=1S/C13H17F2NO/c1-9(2)5-13(17)16-4-3-10-6-11(14)8-12(15)7-10/h6-9H,3-5H2,1-2H3,(H,16,17). The van der Waals surface area contributed by atoms with Crippen molar-refractivity contribution in [3.05, 3.63) is 35.4 Å². The van der Waals surface area contributed by atoms with Gasteiger partial charge in [-0.25, -0.2) is 8.78 Å². The fourth-order valence-electron chi connectivity index (χ4n) is 1.54. The van der Waals surface area contributed by atoms with Gasteiger partial charge in [-0.15, -0.1) is 0 Å².